The molecule has 0 unspecified atom stereocenters. The average molecular weight is 480 g/mol. The summed E-state index contributed by atoms with van der Waals surface area (Å²) in [5.74, 6) is -0.635. The molecule has 0 bridgehead atoms. The van der Waals surface area contributed by atoms with Crippen molar-refractivity contribution in [2.45, 2.75) is 65.7 Å². The Morgan fingerprint density at radius 1 is 1.40 bits per heavy atom. The highest BCUT2D eigenvalue weighted by Gasteiger charge is 2.34. The van der Waals surface area contributed by atoms with Crippen LogP contribution in [-0.4, -0.2) is 44.6 Å². The molecule has 5 heterocycles. The molecule has 3 aromatic heterocycles. The van der Waals surface area contributed by atoms with Gasteiger partial charge in [-0.05, 0) is 45.7 Å². The summed E-state index contributed by atoms with van der Waals surface area (Å²) < 4.78 is 23.8. The van der Waals surface area contributed by atoms with Gasteiger partial charge in [0.1, 0.15) is 23.9 Å². The van der Waals surface area contributed by atoms with Gasteiger partial charge in [0.15, 0.2) is 5.82 Å². The van der Waals surface area contributed by atoms with E-state index in [4.69, 9.17) is 9.84 Å². The minimum Gasteiger partial charge on any atom is -0.464 e. The Kier molecular flexibility index (Phi) is 5.75. The molecular formula is C25H30FN7O2. The minimum atomic E-state index is -0.498. The highest BCUT2D eigenvalue weighted by atomic mass is 19.1. The van der Waals surface area contributed by atoms with Crippen LogP contribution in [0.15, 0.2) is 18.3 Å². The van der Waals surface area contributed by atoms with Gasteiger partial charge in [0, 0.05) is 24.7 Å². The van der Waals surface area contributed by atoms with Crippen LogP contribution < -0.4 is 10.2 Å². The van der Waals surface area contributed by atoms with E-state index in [9.17, 15) is 14.4 Å². The van der Waals surface area contributed by atoms with E-state index < -0.39 is 11.2 Å². The van der Waals surface area contributed by atoms with Crippen molar-refractivity contribution in [3.05, 3.63) is 46.8 Å². The SMILES string of the molecule is CCC(C)(C)C(=O)OC[C@@H]1Cc2c(nn3c2CN(c2ccc(C#N)n4ncc(F)c24)C[C@H]3C)CN1. The zero-order valence-corrected chi connectivity index (χ0v) is 20.5. The first-order chi connectivity index (χ1) is 16.7. The number of hydrogen-bond acceptors (Lipinski definition) is 7. The topological polar surface area (TPSA) is 100 Å². The molecule has 0 aliphatic carbocycles. The number of fused-ring (bicyclic) bond motifs is 4. The minimum absolute atomic E-state index is 0.00702. The third-order valence-electron chi connectivity index (χ3n) is 7.35. The van der Waals surface area contributed by atoms with Crippen LogP contribution in [0, 0.1) is 22.6 Å². The van der Waals surface area contributed by atoms with Gasteiger partial charge in [-0.1, -0.05) is 6.92 Å². The summed E-state index contributed by atoms with van der Waals surface area (Å²) >= 11 is 0. The maximum absolute atomic E-state index is 14.7. The monoisotopic (exact) mass is 479 g/mol. The molecule has 0 spiro atoms. The number of nitriles is 1. The second-order valence-electron chi connectivity index (χ2n) is 10.1. The second-order valence-corrected chi connectivity index (χ2v) is 10.1. The number of rotatable bonds is 5. The van der Waals surface area contributed by atoms with Crippen molar-refractivity contribution < 1.29 is 13.9 Å². The molecule has 0 radical (unpaired) electrons. The molecule has 5 rings (SSSR count). The molecule has 2 aliphatic heterocycles. The van der Waals surface area contributed by atoms with Crippen molar-refractivity contribution in [1.82, 2.24) is 24.7 Å². The van der Waals surface area contributed by atoms with Crippen molar-refractivity contribution in [3.63, 3.8) is 0 Å². The number of hydrogen-bond donors (Lipinski definition) is 1. The Morgan fingerprint density at radius 2 is 2.20 bits per heavy atom. The predicted octanol–water partition coefficient (Wildman–Crippen LogP) is 3.12. The standard InChI is InChI=1S/C25H30FN7O2/c1-5-25(3,4)24(34)35-14-16-8-18-20(11-28-16)30-32-15(2)12-31(13-22(18)32)21-7-6-17(9-27)33-23(21)19(26)10-29-33/h6-7,10,15-16,28H,5,8,11-14H2,1-4H3/t15-,16+/m1/s1. The summed E-state index contributed by atoms with van der Waals surface area (Å²) in [5, 5.41) is 21.8. The van der Waals surface area contributed by atoms with Gasteiger partial charge >= 0.3 is 5.97 Å². The zero-order valence-electron chi connectivity index (χ0n) is 20.5. The third-order valence-corrected chi connectivity index (χ3v) is 7.35. The number of carbonyl (C=O) groups excluding carboxylic acids is 1. The highest BCUT2D eigenvalue weighted by Crippen LogP contribution is 2.34. The molecule has 9 nitrogen and oxygen atoms in total. The van der Waals surface area contributed by atoms with Crippen molar-refractivity contribution in [2.24, 2.45) is 5.41 Å². The van der Waals surface area contributed by atoms with E-state index in [1.165, 1.54) is 4.52 Å². The summed E-state index contributed by atoms with van der Waals surface area (Å²) in [5.41, 5.74) is 4.06. The summed E-state index contributed by atoms with van der Waals surface area (Å²) in [6, 6.07) is 5.62. The van der Waals surface area contributed by atoms with E-state index in [0.717, 1.165) is 29.6 Å². The first kappa shape index (κ1) is 23.3. The molecule has 1 N–H and O–H groups in total. The van der Waals surface area contributed by atoms with Gasteiger partial charge < -0.3 is 15.0 Å². The number of anilines is 1. The van der Waals surface area contributed by atoms with E-state index in [2.05, 4.69) is 33.0 Å². The molecule has 0 amide bonds. The van der Waals surface area contributed by atoms with Crippen LogP contribution in [0.4, 0.5) is 10.1 Å². The molecule has 0 aromatic carbocycles. The smallest absolute Gasteiger partial charge is 0.311 e. The lowest BCUT2D eigenvalue weighted by Gasteiger charge is -2.35. The molecule has 184 valence electrons. The molecule has 2 aliphatic rings. The lowest BCUT2D eigenvalue weighted by Crippen LogP contribution is -2.41. The third kappa shape index (κ3) is 3.93. The van der Waals surface area contributed by atoms with Crippen molar-refractivity contribution in [3.8, 4) is 6.07 Å². The van der Waals surface area contributed by atoms with Crippen molar-refractivity contribution in [1.29, 1.82) is 5.26 Å². The van der Waals surface area contributed by atoms with Crippen LogP contribution in [0.25, 0.3) is 5.52 Å². The summed E-state index contributed by atoms with van der Waals surface area (Å²) in [6.07, 6.45) is 2.57. The van der Waals surface area contributed by atoms with E-state index in [-0.39, 0.29) is 23.7 Å². The van der Waals surface area contributed by atoms with Crippen LogP contribution in [0.2, 0.25) is 0 Å². The largest absolute Gasteiger partial charge is 0.464 e. The molecule has 10 heteroatoms. The molecule has 35 heavy (non-hydrogen) atoms. The summed E-state index contributed by atoms with van der Waals surface area (Å²) in [4.78, 5) is 14.6. The molecule has 0 fully saturated rings. The average Bonchev–Trinajstić information content (AvgIpc) is 3.43. The highest BCUT2D eigenvalue weighted by molar-refractivity contribution is 5.76. The van der Waals surface area contributed by atoms with E-state index in [0.29, 0.717) is 43.9 Å². The molecule has 0 saturated heterocycles. The number of ether oxygens (including phenoxy) is 1. The van der Waals surface area contributed by atoms with Gasteiger partial charge in [0.05, 0.1) is 41.3 Å². The number of nitrogens with one attached hydrogen (secondary N) is 1. The van der Waals surface area contributed by atoms with Crippen LogP contribution in [-0.2, 0) is 29.0 Å². The second kappa shape index (κ2) is 8.64. The van der Waals surface area contributed by atoms with Crippen LogP contribution >= 0.6 is 0 Å². The van der Waals surface area contributed by atoms with Gasteiger partial charge in [-0.15, -0.1) is 0 Å². The number of halogens is 1. The zero-order chi connectivity index (χ0) is 24.9. The summed E-state index contributed by atoms with van der Waals surface area (Å²) in [7, 11) is 0. The fourth-order valence-corrected chi connectivity index (χ4v) is 4.87. The molecule has 2 atom stereocenters. The number of aromatic nitrogens is 4. The maximum atomic E-state index is 14.7. The Hall–Kier alpha value is -3.45. The molecule has 3 aromatic rings. The van der Waals surface area contributed by atoms with E-state index >= 15 is 0 Å². The van der Waals surface area contributed by atoms with Gasteiger partial charge in [-0.25, -0.2) is 8.91 Å². The first-order valence-electron chi connectivity index (χ1n) is 12.0. The lowest BCUT2D eigenvalue weighted by molar-refractivity contribution is -0.154. The first-order valence-corrected chi connectivity index (χ1v) is 12.0. The number of carbonyl (C=O) groups is 1. The summed E-state index contributed by atoms with van der Waals surface area (Å²) in [6.45, 7) is 10.0. The Labute approximate surface area is 203 Å². The maximum Gasteiger partial charge on any atom is 0.311 e. The predicted molar refractivity (Wildman–Crippen MR) is 127 cm³/mol. The fraction of sp³-hybridized carbons (Fsp3) is 0.520. The number of nitrogens with zero attached hydrogens (tertiary/aromatic N) is 6. The van der Waals surface area contributed by atoms with Gasteiger partial charge in [0.2, 0.25) is 0 Å². The molecule has 0 saturated carbocycles. The Morgan fingerprint density at radius 3 is 2.94 bits per heavy atom. The Balaban J connectivity index is 1.41. The fourth-order valence-electron chi connectivity index (χ4n) is 4.87. The van der Waals surface area contributed by atoms with E-state index in [1.807, 2.05) is 20.8 Å². The molecular weight excluding hydrogens is 449 g/mol. The van der Waals surface area contributed by atoms with Gasteiger partial charge in [-0.2, -0.15) is 15.5 Å². The van der Waals surface area contributed by atoms with Gasteiger partial charge in [-0.3, -0.25) is 9.48 Å². The van der Waals surface area contributed by atoms with Crippen LogP contribution in [0.3, 0.4) is 0 Å². The number of esters is 1. The normalized spacial score (nSPS) is 19.8. The van der Waals surface area contributed by atoms with E-state index in [1.54, 1.807) is 12.1 Å². The van der Waals surface area contributed by atoms with Crippen LogP contribution in [0.1, 0.15) is 62.8 Å². The van der Waals surface area contributed by atoms with Crippen LogP contribution in [0.5, 0.6) is 0 Å². The Bertz CT molecular complexity index is 1340. The van der Waals surface area contributed by atoms with Crippen molar-refractivity contribution in [2.75, 3.05) is 18.1 Å². The lowest BCUT2D eigenvalue weighted by atomic mass is 9.90. The quantitative estimate of drug-likeness (QED) is 0.561. The van der Waals surface area contributed by atoms with Crippen molar-refractivity contribution >= 4 is 17.2 Å². The number of pyridine rings is 1. The van der Waals surface area contributed by atoms with Gasteiger partial charge in [0.25, 0.3) is 0 Å².